The van der Waals surface area contributed by atoms with Crippen LogP contribution in [0.2, 0.25) is 0 Å². The quantitative estimate of drug-likeness (QED) is 0.911. The van der Waals surface area contributed by atoms with Gasteiger partial charge in [0.2, 0.25) is 0 Å². The molecule has 0 radical (unpaired) electrons. The molecule has 0 amide bonds. The maximum Gasteiger partial charge on any atom is 0.0713 e. The minimum atomic E-state index is 0.572. The van der Waals surface area contributed by atoms with Gasteiger partial charge in [0, 0.05) is 28.3 Å². The molecule has 1 aromatic carbocycles. The Hall–Kier alpha value is -1.06. The molecule has 0 spiro atoms. The van der Waals surface area contributed by atoms with E-state index < -0.39 is 0 Å². The van der Waals surface area contributed by atoms with Crippen LogP contribution in [0.5, 0.6) is 0 Å². The molecule has 20 heavy (non-hydrogen) atoms. The highest BCUT2D eigenvalue weighted by Gasteiger charge is 2.21. The largest absolute Gasteiger partial charge is 0.326 e. The Balaban J connectivity index is 1.96. The summed E-state index contributed by atoms with van der Waals surface area (Å²) in [5, 5.41) is 1.99. The van der Waals surface area contributed by atoms with Gasteiger partial charge in [0.1, 0.15) is 0 Å². The number of thioether (sulfide) groups is 1. The van der Waals surface area contributed by atoms with Gasteiger partial charge >= 0.3 is 0 Å². The van der Waals surface area contributed by atoms with Crippen LogP contribution in [-0.4, -0.2) is 10.2 Å². The van der Waals surface area contributed by atoms with Crippen LogP contribution < -0.4 is 5.73 Å². The molecular formula is C17H22N2S. The van der Waals surface area contributed by atoms with Crippen molar-refractivity contribution in [2.45, 2.75) is 49.3 Å². The molecule has 2 unspecified atom stereocenters. The number of pyridine rings is 1. The Kier molecular flexibility index (Phi) is 4.27. The van der Waals surface area contributed by atoms with E-state index in [1.54, 1.807) is 0 Å². The summed E-state index contributed by atoms with van der Waals surface area (Å²) in [5.41, 5.74) is 8.19. The fourth-order valence-corrected chi connectivity index (χ4v) is 4.72. The average Bonchev–Trinajstić information content (AvgIpc) is 2.48. The summed E-state index contributed by atoms with van der Waals surface area (Å²) in [7, 11) is 0. The predicted octanol–water partition coefficient (Wildman–Crippen LogP) is 4.36. The number of aromatic nitrogens is 1. The van der Waals surface area contributed by atoms with Crippen molar-refractivity contribution in [3.8, 4) is 0 Å². The van der Waals surface area contributed by atoms with Crippen molar-refractivity contribution >= 4 is 22.7 Å². The van der Waals surface area contributed by atoms with Gasteiger partial charge in [0.25, 0.3) is 0 Å². The molecule has 2 nitrogen and oxygen atoms in total. The lowest BCUT2D eigenvalue weighted by molar-refractivity contribution is 0.394. The molecule has 1 aliphatic carbocycles. The van der Waals surface area contributed by atoms with Gasteiger partial charge in [-0.25, -0.2) is 0 Å². The highest BCUT2D eigenvalue weighted by Crippen LogP contribution is 2.40. The Morgan fingerprint density at radius 2 is 2.15 bits per heavy atom. The van der Waals surface area contributed by atoms with E-state index in [0.29, 0.717) is 6.54 Å². The number of hydrogen-bond acceptors (Lipinski definition) is 3. The Bertz CT molecular complexity index is 597. The molecule has 3 heteroatoms. The third-order valence-corrected chi connectivity index (χ3v) is 5.67. The third-order valence-electron chi connectivity index (χ3n) is 4.19. The van der Waals surface area contributed by atoms with Crippen molar-refractivity contribution in [3.63, 3.8) is 0 Å². The van der Waals surface area contributed by atoms with Crippen molar-refractivity contribution in [3.05, 3.63) is 36.0 Å². The highest BCUT2D eigenvalue weighted by molar-refractivity contribution is 8.00. The summed E-state index contributed by atoms with van der Waals surface area (Å²) >= 11 is 2.03. The summed E-state index contributed by atoms with van der Waals surface area (Å²) in [4.78, 5) is 5.89. The number of fused-ring (bicyclic) bond motifs is 1. The molecule has 1 aromatic heterocycles. The molecule has 2 N–H and O–H groups in total. The predicted molar refractivity (Wildman–Crippen MR) is 86.9 cm³/mol. The second kappa shape index (κ2) is 6.15. The lowest BCUT2D eigenvalue weighted by Crippen LogP contribution is -2.15. The standard InChI is InChI=1S/C17H22N2S/c1-12-5-4-6-14(9-12)20-17-13(10-18)11-19-16-8-3-2-7-15(16)17/h2-3,7-8,11-12,14H,4-6,9-10,18H2,1H3. The monoisotopic (exact) mass is 286 g/mol. The van der Waals surface area contributed by atoms with Crippen molar-refractivity contribution in [2.75, 3.05) is 0 Å². The topological polar surface area (TPSA) is 38.9 Å². The second-order valence-electron chi connectivity index (χ2n) is 5.85. The van der Waals surface area contributed by atoms with Gasteiger partial charge in [-0.05, 0) is 30.4 Å². The summed E-state index contributed by atoms with van der Waals surface area (Å²) in [6.45, 7) is 2.95. The van der Waals surface area contributed by atoms with Gasteiger partial charge < -0.3 is 5.73 Å². The number of benzene rings is 1. The summed E-state index contributed by atoms with van der Waals surface area (Å²) in [5.74, 6) is 0.857. The highest BCUT2D eigenvalue weighted by atomic mass is 32.2. The summed E-state index contributed by atoms with van der Waals surface area (Å²) in [6.07, 6.45) is 7.36. The van der Waals surface area contributed by atoms with Crippen LogP contribution in [0.15, 0.2) is 35.4 Å². The van der Waals surface area contributed by atoms with E-state index in [4.69, 9.17) is 5.73 Å². The lowest BCUT2D eigenvalue weighted by Gasteiger charge is -2.27. The first-order chi connectivity index (χ1) is 9.78. The van der Waals surface area contributed by atoms with E-state index >= 15 is 0 Å². The number of rotatable bonds is 3. The van der Waals surface area contributed by atoms with Gasteiger partial charge in [0.05, 0.1) is 5.52 Å². The molecule has 0 saturated heterocycles. The molecule has 1 fully saturated rings. The Labute approximate surface area is 125 Å². The van der Waals surface area contributed by atoms with E-state index in [2.05, 4.69) is 36.2 Å². The number of nitrogens with two attached hydrogens (primary N) is 1. The van der Waals surface area contributed by atoms with Crippen molar-refractivity contribution < 1.29 is 0 Å². The maximum absolute atomic E-state index is 5.92. The maximum atomic E-state index is 5.92. The smallest absolute Gasteiger partial charge is 0.0713 e. The van der Waals surface area contributed by atoms with Gasteiger partial charge in [-0.2, -0.15) is 0 Å². The van der Waals surface area contributed by atoms with E-state index in [-0.39, 0.29) is 0 Å². The molecule has 2 aromatic rings. The van der Waals surface area contributed by atoms with Gasteiger partial charge in [-0.1, -0.05) is 38.0 Å². The molecule has 0 bridgehead atoms. The van der Waals surface area contributed by atoms with Gasteiger partial charge in [-0.15, -0.1) is 11.8 Å². The zero-order chi connectivity index (χ0) is 13.9. The fraction of sp³-hybridized carbons (Fsp3) is 0.471. The third kappa shape index (κ3) is 2.84. The van der Waals surface area contributed by atoms with E-state index in [0.717, 1.165) is 16.7 Å². The van der Waals surface area contributed by atoms with E-state index in [1.807, 2.05) is 18.0 Å². The molecular weight excluding hydrogens is 264 g/mol. The molecule has 2 atom stereocenters. The van der Waals surface area contributed by atoms with Gasteiger partial charge in [0.15, 0.2) is 0 Å². The van der Waals surface area contributed by atoms with Crippen LogP contribution in [0, 0.1) is 5.92 Å². The van der Waals surface area contributed by atoms with Crippen LogP contribution in [-0.2, 0) is 6.54 Å². The van der Waals surface area contributed by atoms with Crippen LogP contribution >= 0.6 is 11.8 Å². The first-order valence-electron chi connectivity index (χ1n) is 7.51. The molecule has 1 aliphatic rings. The van der Waals surface area contributed by atoms with Crippen molar-refractivity contribution in [1.82, 2.24) is 4.98 Å². The first kappa shape index (κ1) is 13.9. The number of hydrogen-bond donors (Lipinski definition) is 1. The van der Waals surface area contributed by atoms with Crippen molar-refractivity contribution in [1.29, 1.82) is 0 Å². The minimum absolute atomic E-state index is 0.572. The van der Waals surface area contributed by atoms with Crippen LogP contribution in [0.1, 0.15) is 38.2 Å². The van der Waals surface area contributed by atoms with Crippen LogP contribution in [0.4, 0.5) is 0 Å². The molecule has 106 valence electrons. The number of para-hydroxylation sites is 1. The lowest BCUT2D eigenvalue weighted by atomic mass is 9.91. The SMILES string of the molecule is CC1CCCC(Sc2c(CN)cnc3ccccc23)C1. The van der Waals surface area contributed by atoms with E-state index in [9.17, 15) is 0 Å². The number of nitrogens with zero attached hydrogens (tertiary/aromatic N) is 1. The molecule has 1 saturated carbocycles. The van der Waals surface area contributed by atoms with Gasteiger partial charge in [-0.3, -0.25) is 4.98 Å². The normalized spacial score (nSPS) is 23.1. The molecule has 3 rings (SSSR count). The zero-order valence-electron chi connectivity index (χ0n) is 12.0. The zero-order valence-corrected chi connectivity index (χ0v) is 12.8. The van der Waals surface area contributed by atoms with Crippen molar-refractivity contribution in [2.24, 2.45) is 11.7 Å². The Morgan fingerprint density at radius 1 is 1.30 bits per heavy atom. The molecule has 1 heterocycles. The first-order valence-corrected chi connectivity index (χ1v) is 8.39. The van der Waals surface area contributed by atoms with Crippen LogP contribution in [0.25, 0.3) is 10.9 Å². The van der Waals surface area contributed by atoms with E-state index in [1.165, 1.54) is 41.5 Å². The summed E-state index contributed by atoms with van der Waals surface area (Å²) < 4.78 is 0. The second-order valence-corrected chi connectivity index (χ2v) is 7.16. The average molecular weight is 286 g/mol. The van der Waals surface area contributed by atoms with Crippen LogP contribution in [0.3, 0.4) is 0 Å². The molecule has 0 aliphatic heterocycles. The summed E-state index contributed by atoms with van der Waals surface area (Å²) in [6, 6.07) is 8.41. The minimum Gasteiger partial charge on any atom is -0.326 e. The fourth-order valence-electron chi connectivity index (χ4n) is 3.09. The Morgan fingerprint density at radius 3 is 2.95 bits per heavy atom.